The van der Waals surface area contributed by atoms with Crippen LogP contribution in [0.3, 0.4) is 0 Å². The summed E-state index contributed by atoms with van der Waals surface area (Å²) in [7, 11) is 0. The molecule has 2 N–H and O–H groups in total. The van der Waals surface area contributed by atoms with E-state index in [9.17, 15) is 0 Å². The van der Waals surface area contributed by atoms with Gasteiger partial charge < -0.3 is 5.73 Å². The highest BCUT2D eigenvalue weighted by Crippen LogP contribution is 2.14. The van der Waals surface area contributed by atoms with E-state index in [0.29, 0.717) is 16.7 Å². The first-order chi connectivity index (χ1) is 5.29. The summed E-state index contributed by atoms with van der Waals surface area (Å²) in [6.45, 7) is 1.76. The van der Waals surface area contributed by atoms with Crippen LogP contribution in [0.1, 0.15) is 5.69 Å². The third kappa shape index (κ3) is 0.721. The maximum atomic E-state index is 5.43. The van der Waals surface area contributed by atoms with Crippen LogP contribution < -0.4 is 5.73 Å². The Balaban J connectivity index is 2.96. The summed E-state index contributed by atoms with van der Waals surface area (Å²) in [5.74, 6) is 0.242. The molecule has 0 radical (unpaired) electrons. The van der Waals surface area contributed by atoms with E-state index in [4.69, 9.17) is 5.73 Å². The number of fused-ring (bicyclic) bond motifs is 1. The SMILES string of the molecule is Cc1nnc(N)c2nonc12. The number of hydrogen-bond acceptors (Lipinski definition) is 6. The molecule has 0 fully saturated rings. The van der Waals surface area contributed by atoms with Gasteiger partial charge in [-0.3, -0.25) is 0 Å². The number of aryl methyl sites for hydroxylation is 1. The standard InChI is InChI=1S/C5H5N5O/c1-2-3-4(10-11-9-3)5(6)8-7-2/h1H3,(H2,6,8). The lowest BCUT2D eigenvalue weighted by Crippen LogP contribution is -1.96. The van der Waals surface area contributed by atoms with Gasteiger partial charge in [0.05, 0.1) is 5.69 Å². The van der Waals surface area contributed by atoms with E-state index in [0.717, 1.165) is 0 Å². The summed E-state index contributed by atoms with van der Waals surface area (Å²) in [4.78, 5) is 0. The topological polar surface area (TPSA) is 90.7 Å². The van der Waals surface area contributed by atoms with E-state index in [2.05, 4.69) is 25.1 Å². The monoisotopic (exact) mass is 151 g/mol. The zero-order valence-corrected chi connectivity index (χ0v) is 5.77. The zero-order chi connectivity index (χ0) is 7.84. The Labute approximate surface area is 61.4 Å². The Bertz CT molecular complexity index is 359. The van der Waals surface area contributed by atoms with Crippen molar-refractivity contribution in [2.45, 2.75) is 6.92 Å². The predicted molar refractivity (Wildman–Crippen MR) is 36.5 cm³/mol. The fraction of sp³-hybridized carbons (Fsp3) is 0.200. The second-order valence-electron chi connectivity index (χ2n) is 2.13. The predicted octanol–water partition coefficient (Wildman–Crippen LogP) is -0.0966. The van der Waals surface area contributed by atoms with Crippen molar-refractivity contribution in [2.75, 3.05) is 5.73 Å². The quantitative estimate of drug-likeness (QED) is 0.565. The molecule has 0 spiro atoms. The molecule has 2 aromatic rings. The summed E-state index contributed by atoms with van der Waals surface area (Å²) in [5, 5.41) is 14.6. The second kappa shape index (κ2) is 1.88. The van der Waals surface area contributed by atoms with Crippen molar-refractivity contribution in [3.8, 4) is 0 Å². The lowest BCUT2D eigenvalue weighted by Gasteiger charge is -1.90. The minimum absolute atomic E-state index is 0.242. The van der Waals surface area contributed by atoms with Crippen molar-refractivity contribution in [3.05, 3.63) is 5.69 Å². The molecule has 0 atom stereocenters. The fourth-order valence-electron chi connectivity index (χ4n) is 0.818. The van der Waals surface area contributed by atoms with Gasteiger partial charge in [0, 0.05) is 0 Å². The van der Waals surface area contributed by atoms with Crippen LogP contribution in [-0.2, 0) is 0 Å². The molecule has 0 amide bonds. The minimum Gasteiger partial charge on any atom is -0.380 e. The molecule has 2 aromatic heterocycles. The van der Waals surface area contributed by atoms with Gasteiger partial charge in [0.25, 0.3) is 0 Å². The van der Waals surface area contributed by atoms with Crippen LogP contribution in [-0.4, -0.2) is 20.5 Å². The number of anilines is 1. The third-order valence-corrected chi connectivity index (χ3v) is 1.38. The second-order valence-corrected chi connectivity index (χ2v) is 2.13. The zero-order valence-electron chi connectivity index (χ0n) is 5.77. The Morgan fingerprint density at radius 2 is 1.91 bits per heavy atom. The summed E-state index contributed by atoms with van der Waals surface area (Å²) in [6.07, 6.45) is 0. The number of nitrogens with two attached hydrogens (primary N) is 1. The Hall–Kier alpha value is -1.72. The van der Waals surface area contributed by atoms with Gasteiger partial charge in [0.2, 0.25) is 0 Å². The van der Waals surface area contributed by atoms with Crippen molar-refractivity contribution >= 4 is 16.9 Å². The number of nitrogen functional groups attached to an aromatic ring is 1. The molecule has 11 heavy (non-hydrogen) atoms. The number of rotatable bonds is 0. The molecule has 6 heteroatoms. The lowest BCUT2D eigenvalue weighted by atomic mass is 10.3. The van der Waals surface area contributed by atoms with Crippen LogP contribution in [0.25, 0.3) is 11.0 Å². The smallest absolute Gasteiger partial charge is 0.180 e. The first-order valence-corrected chi connectivity index (χ1v) is 3.00. The maximum Gasteiger partial charge on any atom is 0.180 e. The van der Waals surface area contributed by atoms with E-state index >= 15 is 0 Å². The van der Waals surface area contributed by atoms with Gasteiger partial charge in [0.1, 0.15) is 0 Å². The van der Waals surface area contributed by atoms with Crippen LogP contribution in [0, 0.1) is 6.92 Å². The van der Waals surface area contributed by atoms with E-state index in [1.807, 2.05) is 0 Å². The van der Waals surface area contributed by atoms with Crippen LogP contribution in [0.2, 0.25) is 0 Å². The molecule has 0 bridgehead atoms. The average molecular weight is 151 g/mol. The van der Waals surface area contributed by atoms with Gasteiger partial charge in [-0.05, 0) is 17.2 Å². The lowest BCUT2D eigenvalue weighted by molar-refractivity contribution is 0.315. The summed E-state index contributed by atoms with van der Waals surface area (Å²) in [5.41, 5.74) is 7.13. The Morgan fingerprint density at radius 1 is 1.18 bits per heavy atom. The minimum atomic E-state index is 0.242. The van der Waals surface area contributed by atoms with E-state index in [1.165, 1.54) is 0 Å². The molecule has 2 heterocycles. The molecule has 0 aliphatic rings. The van der Waals surface area contributed by atoms with Crippen molar-refractivity contribution in [1.82, 2.24) is 20.5 Å². The molecule has 0 aromatic carbocycles. The molecular formula is C5H5N5O. The van der Waals surface area contributed by atoms with Crippen molar-refractivity contribution < 1.29 is 4.63 Å². The molecule has 0 saturated heterocycles. The molecule has 0 aliphatic carbocycles. The van der Waals surface area contributed by atoms with Gasteiger partial charge in [-0.1, -0.05) is 0 Å². The third-order valence-electron chi connectivity index (χ3n) is 1.38. The summed E-state index contributed by atoms with van der Waals surface area (Å²) < 4.78 is 4.47. The van der Waals surface area contributed by atoms with Gasteiger partial charge in [0.15, 0.2) is 16.9 Å². The normalized spacial score (nSPS) is 10.6. The molecule has 0 unspecified atom stereocenters. The molecule has 6 nitrogen and oxygen atoms in total. The van der Waals surface area contributed by atoms with Crippen molar-refractivity contribution in [3.63, 3.8) is 0 Å². The van der Waals surface area contributed by atoms with E-state index < -0.39 is 0 Å². The van der Waals surface area contributed by atoms with Gasteiger partial charge >= 0.3 is 0 Å². The average Bonchev–Trinajstić information content (AvgIpc) is 2.45. The molecule has 2 rings (SSSR count). The highest BCUT2D eigenvalue weighted by atomic mass is 16.6. The van der Waals surface area contributed by atoms with Crippen LogP contribution in [0.5, 0.6) is 0 Å². The maximum absolute atomic E-state index is 5.43. The van der Waals surface area contributed by atoms with Gasteiger partial charge in [-0.25, -0.2) is 4.63 Å². The first-order valence-electron chi connectivity index (χ1n) is 3.00. The van der Waals surface area contributed by atoms with Crippen LogP contribution in [0.4, 0.5) is 5.82 Å². The summed E-state index contributed by atoms with van der Waals surface area (Å²) >= 11 is 0. The van der Waals surface area contributed by atoms with Crippen molar-refractivity contribution in [1.29, 1.82) is 0 Å². The first kappa shape index (κ1) is 6.02. The Kier molecular flexibility index (Phi) is 1.03. The highest BCUT2D eigenvalue weighted by Gasteiger charge is 2.08. The Morgan fingerprint density at radius 3 is 2.64 bits per heavy atom. The molecule has 0 saturated carbocycles. The van der Waals surface area contributed by atoms with E-state index in [1.54, 1.807) is 6.92 Å². The summed E-state index contributed by atoms with van der Waals surface area (Å²) in [6, 6.07) is 0. The van der Waals surface area contributed by atoms with E-state index in [-0.39, 0.29) is 5.82 Å². The number of aromatic nitrogens is 4. The van der Waals surface area contributed by atoms with Crippen LogP contribution in [0.15, 0.2) is 4.63 Å². The highest BCUT2D eigenvalue weighted by molar-refractivity contribution is 5.83. The molecule has 0 aliphatic heterocycles. The molecular weight excluding hydrogens is 146 g/mol. The fourth-order valence-corrected chi connectivity index (χ4v) is 0.818. The molecule has 56 valence electrons. The van der Waals surface area contributed by atoms with Crippen molar-refractivity contribution in [2.24, 2.45) is 0 Å². The van der Waals surface area contributed by atoms with Gasteiger partial charge in [-0.2, -0.15) is 5.10 Å². The number of hydrogen-bond donors (Lipinski definition) is 1. The number of nitrogens with zero attached hydrogens (tertiary/aromatic N) is 4. The van der Waals surface area contributed by atoms with Gasteiger partial charge in [-0.15, -0.1) is 5.10 Å². The largest absolute Gasteiger partial charge is 0.380 e. The van der Waals surface area contributed by atoms with Crippen LogP contribution >= 0.6 is 0 Å².